The Morgan fingerprint density at radius 3 is 2.87 bits per heavy atom. The van der Waals surface area contributed by atoms with Gasteiger partial charge in [-0.3, -0.25) is 0 Å². The Balaban J connectivity index is 2.08. The van der Waals surface area contributed by atoms with Gasteiger partial charge in [0.15, 0.2) is 0 Å². The van der Waals surface area contributed by atoms with Gasteiger partial charge in [-0.15, -0.1) is 0 Å². The molecule has 0 aliphatic carbocycles. The van der Waals surface area contributed by atoms with Crippen molar-refractivity contribution in [3.05, 3.63) is 18.2 Å². The van der Waals surface area contributed by atoms with Crippen LogP contribution in [0.4, 0.5) is 5.82 Å². The second kappa shape index (κ2) is 4.06. The molecule has 2 rings (SSSR count). The highest BCUT2D eigenvalue weighted by Gasteiger charge is 2.24. The SMILES string of the molecule is CN(C)C1CCN(c2cccc(O)n2)C1. The first-order valence-corrected chi connectivity index (χ1v) is 5.24. The molecule has 0 saturated carbocycles. The van der Waals surface area contributed by atoms with E-state index in [1.165, 1.54) is 0 Å². The Morgan fingerprint density at radius 2 is 2.27 bits per heavy atom. The molecule has 1 N–H and O–H groups in total. The van der Waals surface area contributed by atoms with Crippen molar-refractivity contribution < 1.29 is 5.11 Å². The fourth-order valence-electron chi connectivity index (χ4n) is 1.96. The van der Waals surface area contributed by atoms with Crippen LogP contribution < -0.4 is 4.90 Å². The summed E-state index contributed by atoms with van der Waals surface area (Å²) in [6.45, 7) is 2.00. The molecule has 4 nitrogen and oxygen atoms in total. The third-order valence-electron chi connectivity index (χ3n) is 2.94. The van der Waals surface area contributed by atoms with Gasteiger partial charge < -0.3 is 14.9 Å². The van der Waals surface area contributed by atoms with Gasteiger partial charge in [0.1, 0.15) is 5.82 Å². The number of anilines is 1. The predicted octanol–water partition coefficient (Wildman–Crippen LogP) is 0.927. The minimum atomic E-state index is 0.0980. The summed E-state index contributed by atoms with van der Waals surface area (Å²) < 4.78 is 0. The number of pyridine rings is 1. The maximum Gasteiger partial charge on any atom is 0.212 e. The van der Waals surface area contributed by atoms with Crippen LogP contribution >= 0.6 is 0 Å². The molecule has 0 bridgehead atoms. The monoisotopic (exact) mass is 207 g/mol. The molecule has 1 aliphatic heterocycles. The van der Waals surface area contributed by atoms with Crippen molar-refractivity contribution in [2.45, 2.75) is 12.5 Å². The number of hydrogen-bond donors (Lipinski definition) is 1. The molecule has 1 saturated heterocycles. The van der Waals surface area contributed by atoms with Gasteiger partial charge >= 0.3 is 0 Å². The van der Waals surface area contributed by atoms with E-state index in [1.54, 1.807) is 6.07 Å². The summed E-state index contributed by atoms with van der Waals surface area (Å²) in [4.78, 5) is 8.56. The van der Waals surface area contributed by atoms with E-state index in [1.807, 2.05) is 12.1 Å². The maximum atomic E-state index is 9.30. The van der Waals surface area contributed by atoms with E-state index in [0.717, 1.165) is 25.3 Å². The largest absolute Gasteiger partial charge is 0.493 e. The molecule has 1 atom stereocenters. The summed E-state index contributed by atoms with van der Waals surface area (Å²) in [5, 5.41) is 9.30. The van der Waals surface area contributed by atoms with Gasteiger partial charge in [0, 0.05) is 25.2 Å². The zero-order valence-corrected chi connectivity index (χ0v) is 9.22. The van der Waals surface area contributed by atoms with Crippen LogP contribution in [0.3, 0.4) is 0 Å². The van der Waals surface area contributed by atoms with Crippen molar-refractivity contribution >= 4 is 5.82 Å². The zero-order valence-electron chi connectivity index (χ0n) is 9.22. The molecule has 1 aromatic rings. The third kappa shape index (κ3) is 2.21. The van der Waals surface area contributed by atoms with Crippen LogP contribution in [-0.2, 0) is 0 Å². The fraction of sp³-hybridized carbons (Fsp3) is 0.545. The first kappa shape index (κ1) is 10.2. The number of nitrogens with zero attached hydrogens (tertiary/aromatic N) is 3. The third-order valence-corrected chi connectivity index (χ3v) is 2.94. The number of likely N-dealkylation sites (N-methyl/N-ethyl adjacent to an activating group) is 1. The van der Waals surface area contributed by atoms with Crippen molar-refractivity contribution in [2.75, 3.05) is 32.1 Å². The number of aromatic hydroxyl groups is 1. The van der Waals surface area contributed by atoms with Crippen LogP contribution in [-0.4, -0.2) is 48.2 Å². The van der Waals surface area contributed by atoms with Crippen LogP contribution in [0.2, 0.25) is 0 Å². The Bertz CT molecular complexity index is 340. The summed E-state index contributed by atoms with van der Waals surface area (Å²) in [6.07, 6.45) is 1.16. The highest BCUT2D eigenvalue weighted by molar-refractivity contribution is 5.41. The highest BCUT2D eigenvalue weighted by Crippen LogP contribution is 2.21. The number of aromatic nitrogens is 1. The van der Waals surface area contributed by atoms with Gasteiger partial charge in [0.25, 0.3) is 0 Å². The molecule has 15 heavy (non-hydrogen) atoms. The van der Waals surface area contributed by atoms with E-state index in [0.29, 0.717) is 6.04 Å². The van der Waals surface area contributed by atoms with Crippen LogP contribution in [0.5, 0.6) is 5.88 Å². The van der Waals surface area contributed by atoms with Gasteiger partial charge in [-0.2, -0.15) is 4.98 Å². The maximum absolute atomic E-state index is 9.30. The van der Waals surface area contributed by atoms with Crippen molar-refractivity contribution in [1.29, 1.82) is 0 Å². The van der Waals surface area contributed by atoms with E-state index in [4.69, 9.17) is 0 Å². The summed E-state index contributed by atoms with van der Waals surface area (Å²) in [5.74, 6) is 0.972. The van der Waals surface area contributed by atoms with Gasteiger partial charge in [0.05, 0.1) is 0 Å². The quantitative estimate of drug-likeness (QED) is 0.783. The van der Waals surface area contributed by atoms with E-state index in [2.05, 4.69) is 28.9 Å². The molecule has 0 spiro atoms. The lowest BCUT2D eigenvalue weighted by molar-refractivity contribution is 0.315. The molecule has 4 heteroatoms. The molecule has 1 fully saturated rings. The Kier molecular flexibility index (Phi) is 2.77. The minimum Gasteiger partial charge on any atom is -0.493 e. The number of hydrogen-bond acceptors (Lipinski definition) is 4. The molecule has 0 aromatic carbocycles. The molecule has 0 radical (unpaired) electrons. The van der Waals surface area contributed by atoms with Crippen LogP contribution in [0, 0.1) is 0 Å². The second-order valence-corrected chi connectivity index (χ2v) is 4.21. The highest BCUT2D eigenvalue weighted by atomic mass is 16.3. The average Bonchev–Trinajstić information content (AvgIpc) is 2.66. The second-order valence-electron chi connectivity index (χ2n) is 4.21. The fourth-order valence-corrected chi connectivity index (χ4v) is 1.96. The molecular weight excluding hydrogens is 190 g/mol. The molecule has 1 aliphatic rings. The lowest BCUT2D eigenvalue weighted by Gasteiger charge is -2.20. The first-order valence-electron chi connectivity index (χ1n) is 5.24. The Labute approximate surface area is 90.1 Å². The molecule has 2 heterocycles. The Hall–Kier alpha value is -1.29. The van der Waals surface area contributed by atoms with E-state index in [9.17, 15) is 5.11 Å². The van der Waals surface area contributed by atoms with Gasteiger partial charge in [-0.25, -0.2) is 0 Å². The lowest BCUT2D eigenvalue weighted by atomic mass is 10.2. The van der Waals surface area contributed by atoms with Crippen LogP contribution in [0.15, 0.2) is 18.2 Å². The van der Waals surface area contributed by atoms with E-state index in [-0.39, 0.29) is 5.88 Å². The minimum absolute atomic E-state index is 0.0980. The normalized spacial score (nSPS) is 21.3. The summed E-state index contributed by atoms with van der Waals surface area (Å²) in [7, 11) is 4.20. The zero-order chi connectivity index (χ0) is 10.8. The van der Waals surface area contributed by atoms with Gasteiger partial charge in [0.2, 0.25) is 5.88 Å². The van der Waals surface area contributed by atoms with Crippen molar-refractivity contribution in [3.63, 3.8) is 0 Å². The summed E-state index contributed by atoms with van der Waals surface area (Å²) in [6, 6.07) is 5.97. The smallest absolute Gasteiger partial charge is 0.212 e. The van der Waals surface area contributed by atoms with E-state index >= 15 is 0 Å². The molecule has 1 unspecified atom stereocenters. The first-order chi connectivity index (χ1) is 7.16. The van der Waals surface area contributed by atoms with Gasteiger partial charge in [-0.1, -0.05) is 6.07 Å². The van der Waals surface area contributed by atoms with Crippen molar-refractivity contribution in [1.82, 2.24) is 9.88 Å². The van der Waals surface area contributed by atoms with Crippen molar-refractivity contribution in [3.8, 4) is 5.88 Å². The van der Waals surface area contributed by atoms with Gasteiger partial charge in [-0.05, 0) is 26.6 Å². The van der Waals surface area contributed by atoms with Crippen molar-refractivity contribution in [2.24, 2.45) is 0 Å². The standard InChI is InChI=1S/C11H17N3O/c1-13(2)9-6-7-14(8-9)10-4-3-5-11(15)12-10/h3-5,9H,6-8H2,1-2H3,(H,12,15). The van der Waals surface area contributed by atoms with Crippen LogP contribution in [0.1, 0.15) is 6.42 Å². The van der Waals surface area contributed by atoms with E-state index < -0.39 is 0 Å². The molecule has 82 valence electrons. The lowest BCUT2D eigenvalue weighted by Crippen LogP contribution is -2.31. The predicted molar refractivity (Wildman–Crippen MR) is 60.2 cm³/mol. The Morgan fingerprint density at radius 1 is 1.47 bits per heavy atom. The average molecular weight is 207 g/mol. The summed E-state index contributed by atoms with van der Waals surface area (Å²) >= 11 is 0. The molecule has 0 amide bonds. The van der Waals surface area contributed by atoms with Crippen LogP contribution in [0.25, 0.3) is 0 Å². The molecular formula is C11H17N3O. The summed E-state index contributed by atoms with van der Waals surface area (Å²) in [5.41, 5.74) is 0. The number of rotatable bonds is 2. The molecule has 1 aromatic heterocycles. The topological polar surface area (TPSA) is 39.6 Å².